The van der Waals surface area contributed by atoms with Crippen LogP contribution in [0.5, 0.6) is 0 Å². The van der Waals surface area contributed by atoms with Gasteiger partial charge in [0, 0.05) is 36.3 Å². The summed E-state index contributed by atoms with van der Waals surface area (Å²) in [6.07, 6.45) is 0. The summed E-state index contributed by atoms with van der Waals surface area (Å²) in [7, 11) is 0. The molecule has 0 radical (unpaired) electrons. The van der Waals surface area contributed by atoms with Gasteiger partial charge in [0.1, 0.15) is 16.7 Å². The summed E-state index contributed by atoms with van der Waals surface area (Å²) in [5, 5.41) is 6.91. The van der Waals surface area contributed by atoms with E-state index < -0.39 is 0 Å². The van der Waals surface area contributed by atoms with E-state index in [0.29, 0.717) is 5.89 Å². The third-order valence-corrected chi connectivity index (χ3v) is 9.59. The van der Waals surface area contributed by atoms with E-state index in [9.17, 15) is 0 Å². The van der Waals surface area contributed by atoms with Gasteiger partial charge in [0.25, 0.3) is 0 Å². The van der Waals surface area contributed by atoms with Crippen molar-refractivity contribution in [3.05, 3.63) is 121 Å². The smallest absolute Gasteiger partial charge is 0.231 e. The maximum Gasteiger partial charge on any atom is 0.231 e. The molecule has 0 aliphatic heterocycles. The normalized spacial score (nSPS) is 12.3. The molecule has 0 spiro atoms. The lowest BCUT2D eigenvalue weighted by Gasteiger charge is -2.11. The lowest BCUT2D eigenvalue weighted by molar-refractivity contribution is 0.615. The van der Waals surface area contributed by atoms with Crippen LogP contribution in [0.15, 0.2) is 130 Å². The second-order valence-electron chi connectivity index (χ2n) is 10.7. The molecule has 4 nitrogen and oxygen atoms in total. The van der Waals surface area contributed by atoms with Crippen molar-refractivity contribution in [1.82, 2.24) is 9.55 Å². The number of para-hydroxylation sites is 3. The summed E-state index contributed by atoms with van der Waals surface area (Å²) in [5.41, 5.74) is 7.50. The lowest BCUT2D eigenvalue weighted by atomic mass is 10.1. The number of aromatic nitrogens is 2. The van der Waals surface area contributed by atoms with E-state index in [1.54, 1.807) is 11.3 Å². The summed E-state index contributed by atoms with van der Waals surface area (Å²) >= 11 is 1.79. The third-order valence-electron chi connectivity index (χ3n) is 8.45. The number of hydrogen-bond acceptors (Lipinski definition) is 4. The topological polar surface area (TPSA) is 44.1 Å². The second-order valence-corrected chi connectivity index (χ2v) is 11.8. The summed E-state index contributed by atoms with van der Waals surface area (Å²) in [5.74, 6) is 0.561. The minimum absolute atomic E-state index is 0.561. The first-order chi connectivity index (χ1) is 20.8. The molecule has 0 atom stereocenters. The van der Waals surface area contributed by atoms with Gasteiger partial charge in [0.05, 0.1) is 27.7 Å². The first-order valence-electron chi connectivity index (χ1n) is 14.0. The molecule has 0 bridgehead atoms. The number of benzene rings is 6. The first-order valence-corrected chi connectivity index (χ1v) is 14.8. The minimum Gasteiger partial charge on any atom is -0.455 e. The highest BCUT2D eigenvalue weighted by Crippen LogP contribution is 2.44. The minimum atomic E-state index is 0.561. The number of nitrogens with zero attached hydrogens (tertiary/aromatic N) is 2. The second kappa shape index (κ2) is 8.09. The fourth-order valence-electron chi connectivity index (χ4n) is 6.66. The molecule has 4 heterocycles. The molecule has 0 amide bonds. The van der Waals surface area contributed by atoms with Crippen molar-refractivity contribution < 1.29 is 8.83 Å². The zero-order valence-electron chi connectivity index (χ0n) is 22.2. The van der Waals surface area contributed by atoms with Crippen LogP contribution < -0.4 is 0 Å². The molecule has 0 saturated carbocycles. The van der Waals surface area contributed by atoms with Gasteiger partial charge in [-0.05, 0) is 48.5 Å². The van der Waals surface area contributed by atoms with Crippen LogP contribution in [0.3, 0.4) is 0 Å². The molecular weight excluding hydrogens is 536 g/mol. The quantitative estimate of drug-likeness (QED) is 0.213. The Hall–Kier alpha value is -5.39. The van der Waals surface area contributed by atoms with Crippen LogP contribution in [0.2, 0.25) is 0 Å². The lowest BCUT2D eigenvalue weighted by Crippen LogP contribution is -1.95. The van der Waals surface area contributed by atoms with Crippen LogP contribution in [0, 0.1) is 0 Å². The average molecular weight is 557 g/mol. The molecule has 0 unspecified atom stereocenters. The van der Waals surface area contributed by atoms with Gasteiger partial charge in [-0.2, -0.15) is 0 Å². The predicted octanol–water partition coefficient (Wildman–Crippen LogP) is 10.9. The Kier molecular flexibility index (Phi) is 4.30. The Bertz CT molecular complexity index is 2650. The van der Waals surface area contributed by atoms with E-state index in [1.807, 2.05) is 18.2 Å². The molecule has 0 N–H and O–H groups in total. The highest BCUT2D eigenvalue weighted by Gasteiger charge is 2.23. The van der Waals surface area contributed by atoms with E-state index >= 15 is 0 Å². The molecule has 5 heteroatoms. The summed E-state index contributed by atoms with van der Waals surface area (Å²) in [4.78, 5) is 5.12. The van der Waals surface area contributed by atoms with Crippen molar-refractivity contribution in [2.45, 2.75) is 0 Å². The van der Waals surface area contributed by atoms with Crippen LogP contribution >= 0.6 is 11.3 Å². The van der Waals surface area contributed by atoms with Crippen LogP contribution in [-0.4, -0.2) is 9.55 Å². The van der Waals surface area contributed by atoms with Gasteiger partial charge in [-0.25, -0.2) is 4.98 Å². The number of oxazole rings is 1. The van der Waals surface area contributed by atoms with Gasteiger partial charge in [-0.1, -0.05) is 72.8 Å². The van der Waals surface area contributed by atoms with Crippen molar-refractivity contribution in [1.29, 1.82) is 0 Å². The number of hydrogen-bond donors (Lipinski definition) is 0. The zero-order chi connectivity index (χ0) is 27.4. The number of rotatable bonds is 2. The molecule has 42 heavy (non-hydrogen) atoms. The third kappa shape index (κ3) is 2.88. The molecule has 6 aromatic carbocycles. The van der Waals surface area contributed by atoms with Crippen LogP contribution in [-0.2, 0) is 0 Å². The van der Waals surface area contributed by atoms with Gasteiger partial charge in [-0.15, -0.1) is 11.3 Å². The molecule has 0 aliphatic rings. The standard InChI is InChI=1S/C37H20N2O2S/c1-5-13-26-21(9-1)22-10-2-6-14-27(22)39(26)28-18-17-25(36-33(28)23-11-3-7-15-29(23)40-36)37-38-35-30(41-37)19-20-32-34(35)24-12-4-8-16-31(24)42-32/h1-20H. The van der Waals surface area contributed by atoms with Gasteiger partial charge in [-0.3, -0.25) is 0 Å². The van der Waals surface area contributed by atoms with Crippen molar-refractivity contribution in [2.24, 2.45) is 0 Å². The molecule has 10 aromatic rings. The highest BCUT2D eigenvalue weighted by molar-refractivity contribution is 7.26. The molecule has 10 rings (SSSR count). The molecule has 0 aliphatic carbocycles. The van der Waals surface area contributed by atoms with Crippen molar-refractivity contribution in [2.75, 3.05) is 0 Å². The predicted molar refractivity (Wildman–Crippen MR) is 174 cm³/mol. The Morgan fingerprint density at radius 1 is 0.524 bits per heavy atom. The van der Waals surface area contributed by atoms with Crippen LogP contribution in [0.25, 0.3) is 92.2 Å². The highest BCUT2D eigenvalue weighted by atomic mass is 32.1. The van der Waals surface area contributed by atoms with E-state index in [0.717, 1.165) is 60.7 Å². The Morgan fingerprint density at radius 3 is 2.02 bits per heavy atom. The Labute approximate surface area is 242 Å². The van der Waals surface area contributed by atoms with Crippen molar-refractivity contribution in [3.63, 3.8) is 0 Å². The van der Waals surface area contributed by atoms with Crippen molar-refractivity contribution >= 4 is 86.4 Å². The number of furan rings is 1. The van der Waals surface area contributed by atoms with E-state index in [4.69, 9.17) is 13.8 Å². The molecule has 0 saturated heterocycles. The van der Waals surface area contributed by atoms with Gasteiger partial charge in [0.15, 0.2) is 5.58 Å². The largest absolute Gasteiger partial charge is 0.455 e. The SMILES string of the molecule is c1ccc2c(c1)oc1c(-c3nc4c(ccc5sc6ccccc6c54)o3)ccc(-n3c4ccccc4c4ccccc43)c12. The molecule has 0 fully saturated rings. The van der Waals surface area contributed by atoms with Gasteiger partial charge >= 0.3 is 0 Å². The van der Waals surface area contributed by atoms with Gasteiger partial charge < -0.3 is 13.4 Å². The molecule has 4 aromatic heterocycles. The van der Waals surface area contributed by atoms with E-state index in [2.05, 4.69) is 108 Å². The van der Waals surface area contributed by atoms with Crippen LogP contribution in [0.1, 0.15) is 0 Å². The molecule has 196 valence electrons. The van der Waals surface area contributed by atoms with E-state index in [1.165, 1.54) is 25.6 Å². The summed E-state index contributed by atoms with van der Waals surface area (Å²) in [6.45, 7) is 0. The van der Waals surface area contributed by atoms with E-state index in [-0.39, 0.29) is 0 Å². The number of thiophene rings is 1. The van der Waals surface area contributed by atoms with Crippen molar-refractivity contribution in [3.8, 4) is 17.1 Å². The average Bonchev–Trinajstić information content (AvgIpc) is 3.80. The summed E-state index contributed by atoms with van der Waals surface area (Å²) < 4.78 is 17.9. The maximum atomic E-state index is 6.63. The Morgan fingerprint density at radius 2 is 1.21 bits per heavy atom. The Balaban J connectivity index is 1.31. The maximum absolute atomic E-state index is 6.63. The van der Waals surface area contributed by atoms with Crippen LogP contribution in [0.4, 0.5) is 0 Å². The fourth-order valence-corrected chi connectivity index (χ4v) is 7.77. The zero-order valence-corrected chi connectivity index (χ0v) is 23.0. The monoisotopic (exact) mass is 556 g/mol. The first kappa shape index (κ1) is 22.3. The fraction of sp³-hybridized carbons (Fsp3) is 0. The number of fused-ring (bicyclic) bond motifs is 11. The van der Waals surface area contributed by atoms with Gasteiger partial charge in [0.2, 0.25) is 5.89 Å². The summed E-state index contributed by atoms with van der Waals surface area (Å²) in [6, 6.07) is 42.4. The molecular formula is C37H20N2O2S.